The predicted octanol–water partition coefficient (Wildman–Crippen LogP) is 4.29. The quantitative estimate of drug-likeness (QED) is 0.358. The Bertz CT molecular complexity index is 1150. The number of benzene rings is 2. The summed E-state index contributed by atoms with van der Waals surface area (Å²) in [6.07, 6.45) is 1.69. The molecule has 0 amide bonds. The van der Waals surface area contributed by atoms with E-state index < -0.39 is 0 Å². The summed E-state index contributed by atoms with van der Waals surface area (Å²) in [6, 6.07) is 11.9. The fourth-order valence-corrected chi connectivity index (χ4v) is 3.85. The molecule has 0 saturated carbocycles. The van der Waals surface area contributed by atoms with Gasteiger partial charge in [0.05, 0.1) is 31.0 Å². The first kappa shape index (κ1) is 22.9. The summed E-state index contributed by atoms with van der Waals surface area (Å²) in [5.74, 6) is 2.13. The van der Waals surface area contributed by atoms with Crippen LogP contribution in [0.25, 0.3) is 0 Å². The molecule has 1 aliphatic rings. The van der Waals surface area contributed by atoms with Crippen molar-refractivity contribution in [1.82, 2.24) is 15.0 Å². The zero-order valence-electron chi connectivity index (χ0n) is 18.8. The minimum absolute atomic E-state index is 0.350. The van der Waals surface area contributed by atoms with Crippen molar-refractivity contribution in [3.63, 3.8) is 0 Å². The number of aryl methyl sites for hydroxylation is 2. The van der Waals surface area contributed by atoms with Crippen LogP contribution >= 0.6 is 15.9 Å². The van der Waals surface area contributed by atoms with Crippen molar-refractivity contribution in [3.05, 3.63) is 57.6 Å². The van der Waals surface area contributed by atoms with Gasteiger partial charge in [0.1, 0.15) is 5.75 Å². The third-order valence-electron chi connectivity index (χ3n) is 5.11. The molecule has 33 heavy (non-hydrogen) atoms. The van der Waals surface area contributed by atoms with Gasteiger partial charge in [0.2, 0.25) is 17.8 Å². The highest BCUT2D eigenvalue weighted by Gasteiger charge is 2.17. The zero-order chi connectivity index (χ0) is 23.2. The van der Waals surface area contributed by atoms with E-state index in [1.807, 2.05) is 25.1 Å². The number of nitrogens with one attached hydrogen (secondary N) is 2. The second kappa shape index (κ2) is 10.6. The van der Waals surface area contributed by atoms with Crippen molar-refractivity contribution in [2.75, 3.05) is 49.1 Å². The Kier molecular flexibility index (Phi) is 7.36. The number of nitrogens with zero attached hydrogens (tertiary/aromatic N) is 5. The lowest BCUT2D eigenvalue weighted by molar-refractivity contribution is 0.122. The summed E-state index contributed by atoms with van der Waals surface area (Å²) in [5, 5.41) is 7.64. The van der Waals surface area contributed by atoms with Gasteiger partial charge in [-0.15, -0.1) is 0 Å². The third kappa shape index (κ3) is 5.96. The van der Waals surface area contributed by atoms with Crippen LogP contribution in [-0.2, 0) is 4.74 Å². The van der Waals surface area contributed by atoms with Crippen molar-refractivity contribution in [2.45, 2.75) is 13.8 Å². The van der Waals surface area contributed by atoms with E-state index in [4.69, 9.17) is 9.47 Å². The number of morpholine rings is 1. The van der Waals surface area contributed by atoms with Gasteiger partial charge in [-0.1, -0.05) is 12.1 Å². The van der Waals surface area contributed by atoms with Gasteiger partial charge in [-0.25, -0.2) is 5.43 Å². The third-order valence-corrected chi connectivity index (χ3v) is 5.73. The Morgan fingerprint density at radius 1 is 1.06 bits per heavy atom. The van der Waals surface area contributed by atoms with Gasteiger partial charge < -0.3 is 19.7 Å². The molecule has 10 heteroatoms. The van der Waals surface area contributed by atoms with Crippen molar-refractivity contribution < 1.29 is 9.47 Å². The van der Waals surface area contributed by atoms with E-state index in [0.29, 0.717) is 31.1 Å². The fourth-order valence-electron chi connectivity index (χ4n) is 3.29. The van der Waals surface area contributed by atoms with E-state index >= 15 is 0 Å². The summed E-state index contributed by atoms with van der Waals surface area (Å²) in [4.78, 5) is 15.8. The van der Waals surface area contributed by atoms with Gasteiger partial charge in [0.25, 0.3) is 0 Å². The van der Waals surface area contributed by atoms with E-state index in [-0.39, 0.29) is 0 Å². The molecule has 0 spiro atoms. The first-order valence-electron chi connectivity index (χ1n) is 10.6. The van der Waals surface area contributed by atoms with E-state index in [9.17, 15) is 0 Å². The average Bonchev–Trinajstić information content (AvgIpc) is 2.82. The Hall–Kier alpha value is -3.24. The minimum Gasteiger partial charge on any atom is -0.496 e. The van der Waals surface area contributed by atoms with Crippen LogP contribution in [0.1, 0.15) is 16.7 Å². The monoisotopic (exact) mass is 511 g/mol. The van der Waals surface area contributed by atoms with Gasteiger partial charge in [0.15, 0.2) is 0 Å². The second-order valence-electron chi connectivity index (χ2n) is 7.59. The fraction of sp³-hybridized carbons (Fsp3) is 0.304. The maximum atomic E-state index is 5.47. The smallest absolute Gasteiger partial charge is 0.250 e. The van der Waals surface area contributed by atoms with Crippen LogP contribution in [-0.4, -0.2) is 54.6 Å². The van der Waals surface area contributed by atoms with E-state index in [0.717, 1.165) is 45.7 Å². The molecule has 2 heterocycles. The molecule has 2 N–H and O–H groups in total. The van der Waals surface area contributed by atoms with Crippen LogP contribution in [0, 0.1) is 13.8 Å². The number of methoxy groups -OCH3 is 1. The molecule has 0 aliphatic carbocycles. The lowest BCUT2D eigenvalue weighted by atomic mass is 10.1. The van der Waals surface area contributed by atoms with E-state index in [2.05, 4.69) is 76.7 Å². The second-order valence-corrected chi connectivity index (χ2v) is 8.44. The summed E-state index contributed by atoms with van der Waals surface area (Å²) in [6.45, 7) is 6.81. The highest BCUT2D eigenvalue weighted by molar-refractivity contribution is 9.10. The number of hydrogen-bond donors (Lipinski definition) is 2. The molecule has 0 unspecified atom stereocenters. The number of halogens is 1. The van der Waals surface area contributed by atoms with Crippen LogP contribution in [0.3, 0.4) is 0 Å². The molecule has 0 atom stereocenters. The van der Waals surface area contributed by atoms with Crippen molar-refractivity contribution >= 4 is 45.7 Å². The lowest BCUT2D eigenvalue weighted by Gasteiger charge is -2.27. The molecule has 1 fully saturated rings. The molecule has 4 rings (SSSR count). The Morgan fingerprint density at radius 2 is 1.85 bits per heavy atom. The molecule has 172 valence electrons. The molecular weight excluding hydrogens is 486 g/mol. The van der Waals surface area contributed by atoms with Gasteiger partial charge >= 0.3 is 0 Å². The molecule has 1 aliphatic heterocycles. The first-order chi connectivity index (χ1) is 16.0. The van der Waals surface area contributed by atoms with Crippen molar-refractivity contribution in [1.29, 1.82) is 0 Å². The maximum Gasteiger partial charge on any atom is 0.250 e. The number of hydrazone groups is 1. The molecule has 0 radical (unpaired) electrons. The zero-order valence-corrected chi connectivity index (χ0v) is 20.4. The highest BCUT2D eigenvalue weighted by atomic mass is 79.9. The van der Waals surface area contributed by atoms with Gasteiger partial charge in [-0.05, 0) is 70.7 Å². The largest absolute Gasteiger partial charge is 0.496 e. The number of rotatable bonds is 7. The summed E-state index contributed by atoms with van der Waals surface area (Å²) in [5.41, 5.74) is 7.04. The lowest BCUT2D eigenvalue weighted by Crippen LogP contribution is -2.37. The molecular formula is C23H26BrN7O2. The first-order valence-corrected chi connectivity index (χ1v) is 11.4. The van der Waals surface area contributed by atoms with Gasteiger partial charge in [-0.3, -0.25) is 0 Å². The molecule has 3 aromatic rings. The molecule has 2 aromatic carbocycles. The summed E-state index contributed by atoms with van der Waals surface area (Å²) < 4.78 is 11.6. The van der Waals surface area contributed by atoms with E-state index in [1.54, 1.807) is 13.3 Å². The van der Waals surface area contributed by atoms with E-state index in [1.165, 1.54) is 0 Å². The number of ether oxygens (including phenoxy) is 2. The van der Waals surface area contributed by atoms with Crippen LogP contribution < -0.4 is 20.4 Å². The Morgan fingerprint density at radius 3 is 2.61 bits per heavy atom. The molecule has 1 saturated heterocycles. The standard InChI is InChI=1S/C23H26BrN7O2/c1-15-4-5-16(2)19(12-15)26-21-27-22(29-23(28-21)31-8-10-33-11-9-31)30-25-14-17-6-7-20(32-3)18(24)13-17/h4-7,12-14H,8-11H2,1-3H3,(H2,26,27,28,29,30)/b25-14+. The topological polar surface area (TPSA) is 96.8 Å². The summed E-state index contributed by atoms with van der Waals surface area (Å²) in [7, 11) is 1.63. The van der Waals surface area contributed by atoms with Crippen molar-refractivity contribution in [3.8, 4) is 5.75 Å². The highest BCUT2D eigenvalue weighted by Crippen LogP contribution is 2.25. The SMILES string of the molecule is COc1ccc(/C=N/Nc2nc(Nc3cc(C)ccc3C)nc(N3CCOCC3)n2)cc1Br. The Labute approximate surface area is 201 Å². The molecule has 9 nitrogen and oxygen atoms in total. The van der Waals surface area contributed by atoms with Crippen LogP contribution in [0.2, 0.25) is 0 Å². The Balaban J connectivity index is 1.58. The number of hydrogen-bond acceptors (Lipinski definition) is 9. The van der Waals surface area contributed by atoms with Gasteiger partial charge in [0, 0.05) is 18.8 Å². The van der Waals surface area contributed by atoms with Crippen molar-refractivity contribution in [2.24, 2.45) is 5.10 Å². The predicted molar refractivity (Wildman–Crippen MR) is 134 cm³/mol. The van der Waals surface area contributed by atoms with Gasteiger partial charge in [-0.2, -0.15) is 20.1 Å². The van der Waals surface area contributed by atoms with Crippen LogP contribution in [0.5, 0.6) is 5.75 Å². The number of anilines is 4. The molecule has 0 bridgehead atoms. The molecule has 1 aromatic heterocycles. The van der Waals surface area contributed by atoms with Crippen LogP contribution in [0.4, 0.5) is 23.5 Å². The van der Waals surface area contributed by atoms with Crippen LogP contribution in [0.15, 0.2) is 46.0 Å². The number of aromatic nitrogens is 3. The normalized spacial score (nSPS) is 13.9. The summed E-state index contributed by atoms with van der Waals surface area (Å²) >= 11 is 3.49. The minimum atomic E-state index is 0.350. The average molecular weight is 512 g/mol. The maximum absolute atomic E-state index is 5.47.